The van der Waals surface area contributed by atoms with Gasteiger partial charge >= 0.3 is 5.97 Å². The molecule has 0 aliphatic heterocycles. The van der Waals surface area contributed by atoms with Gasteiger partial charge in [0, 0.05) is 23.1 Å². The minimum atomic E-state index is -0.406. The number of ether oxygens (including phenoxy) is 2. The Kier molecular flexibility index (Phi) is 7.28. The molecular formula is C27H27FN4O4. The molecule has 0 radical (unpaired) electrons. The summed E-state index contributed by atoms with van der Waals surface area (Å²) in [5.41, 5.74) is 4.57. The Bertz CT molecular complexity index is 1430. The number of aromatic nitrogens is 3. The van der Waals surface area contributed by atoms with Gasteiger partial charge in [-0.3, -0.25) is 4.79 Å². The molecule has 0 spiro atoms. The first-order valence-electron chi connectivity index (χ1n) is 11.6. The van der Waals surface area contributed by atoms with E-state index in [9.17, 15) is 14.0 Å². The summed E-state index contributed by atoms with van der Waals surface area (Å²) in [6, 6.07) is 12.7. The largest absolute Gasteiger partial charge is 0.481 e. The quantitative estimate of drug-likeness (QED) is 0.352. The van der Waals surface area contributed by atoms with Crippen LogP contribution in [0.25, 0.3) is 16.7 Å². The predicted octanol–water partition coefficient (Wildman–Crippen LogP) is 4.93. The summed E-state index contributed by atoms with van der Waals surface area (Å²) < 4.78 is 26.0. The Balaban J connectivity index is 1.55. The van der Waals surface area contributed by atoms with Gasteiger partial charge in [0.2, 0.25) is 11.8 Å². The van der Waals surface area contributed by atoms with Crippen LogP contribution in [0.15, 0.2) is 48.5 Å². The molecule has 0 aliphatic rings. The molecular weight excluding hydrogens is 463 g/mol. The molecule has 186 valence electrons. The summed E-state index contributed by atoms with van der Waals surface area (Å²) in [6.07, 6.45) is 0.594. The van der Waals surface area contributed by atoms with E-state index in [1.165, 1.54) is 19.2 Å². The molecule has 0 saturated heterocycles. The SMILES string of the molecule is CCOC(=O)c1ccc(NC(=O)CCc2c(OC)nc3c(c(C)nn3-c3cccc(F)c3)c2C)cc1. The predicted molar refractivity (Wildman–Crippen MR) is 134 cm³/mol. The van der Waals surface area contributed by atoms with Crippen molar-refractivity contribution in [2.45, 2.75) is 33.6 Å². The Labute approximate surface area is 208 Å². The number of halogens is 1. The Morgan fingerprint density at radius 1 is 1.11 bits per heavy atom. The standard InChI is InChI=1S/C27H27FN4O4/c1-5-36-27(34)18-9-11-20(12-10-18)29-23(33)14-13-22-16(2)24-17(3)31-32(25(24)30-26(22)35-4)21-8-6-7-19(28)15-21/h6-12,15H,5,13-14H2,1-4H3,(H,29,33). The number of methoxy groups -OCH3 is 1. The number of pyridine rings is 1. The van der Waals surface area contributed by atoms with Gasteiger partial charge in [0.05, 0.1) is 30.7 Å². The van der Waals surface area contributed by atoms with Crippen molar-refractivity contribution < 1.29 is 23.5 Å². The van der Waals surface area contributed by atoms with Crippen LogP contribution >= 0.6 is 0 Å². The number of carbonyl (C=O) groups excluding carboxylic acids is 2. The maximum absolute atomic E-state index is 13.8. The van der Waals surface area contributed by atoms with Crippen LogP contribution in [0.5, 0.6) is 5.88 Å². The second kappa shape index (κ2) is 10.6. The van der Waals surface area contributed by atoms with Crippen LogP contribution in [0.1, 0.15) is 40.5 Å². The zero-order valence-electron chi connectivity index (χ0n) is 20.6. The molecule has 0 saturated carbocycles. The summed E-state index contributed by atoms with van der Waals surface area (Å²) in [6.45, 7) is 5.86. The molecule has 0 bridgehead atoms. The van der Waals surface area contributed by atoms with Crippen molar-refractivity contribution in [2.24, 2.45) is 0 Å². The molecule has 9 heteroatoms. The first kappa shape index (κ1) is 24.8. The fraction of sp³-hybridized carbons (Fsp3) is 0.259. The van der Waals surface area contributed by atoms with E-state index in [1.807, 2.05) is 13.8 Å². The van der Waals surface area contributed by atoms with Gasteiger partial charge in [-0.15, -0.1) is 0 Å². The maximum Gasteiger partial charge on any atom is 0.338 e. The normalized spacial score (nSPS) is 10.9. The number of nitrogens with one attached hydrogen (secondary N) is 1. The van der Waals surface area contributed by atoms with Crippen molar-refractivity contribution in [3.63, 3.8) is 0 Å². The fourth-order valence-corrected chi connectivity index (χ4v) is 4.15. The van der Waals surface area contributed by atoms with E-state index in [4.69, 9.17) is 9.47 Å². The molecule has 4 aromatic rings. The number of carbonyl (C=O) groups is 2. The second-order valence-electron chi connectivity index (χ2n) is 8.25. The molecule has 2 aromatic carbocycles. The number of hydrogen-bond acceptors (Lipinski definition) is 6. The van der Waals surface area contributed by atoms with Crippen molar-refractivity contribution in [3.8, 4) is 11.6 Å². The highest BCUT2D eigenvalue weighted by Gasteiger charge is 2.20. The van der Waals surface area contributed by atoms with E-state index in [2.05, 4.69) is 15.4 Å². The lowest BCUT2D eigenvalue weighted by Gasteiger charge is -2.13. The first-order chi connectivity index (χ1) is 17.3. The highest BCUT2D eigenvalue weighted by molar-refractivity contribution is 5.93. The van der Waals surface area contributed by atoms with Crippen molar-refractivity contribution in [3.05, 3.63) is 76.7 Å². The van der Waals surface area contributed by atoms with E-state index in [-0.39, 0.29) is 18.1 Å². The number of rotatable bonds is 8. The average molecular weight is 491 g/mol. The van der Waals surface area contributed by atoms with Crippen LogP contribution in [0.2, 0.25) is 0 Å². The molecule has 0 unspecified atom stereocenters. The molecule has 2 heterocycles. The van der Waals surface area contributed by atoms with Crippen LogP contribution in [-0.2, 0) is 16.0 Å². The number of nitrogens with zero attached hydrogens (tertiary/aromatic N) is 3. The third-order valence-corrected chi connectivity index (χ3v) is 5.86. The van der Waals surface area contributed by atoms with E-state index in [0.717, 1.165) is 22.2 Å². The summed E-state index contributed by atoms with van der Waals surface area (Å²) in [5.74, 6) is -0.565. The number of aryl methyl sites for hydroxylation is 2. The van der Waals surface area contributed by atoms with Crippen molar-refractivity contribution in [1.29, 1.82) is 0 Å². The molecule has 4 rings (SSSR count). The van der Waals surface area contributed by atoms with Gasteiger partial charge in [-0.25, -0.2) is 13.9 Å². The third kappa shape index (κ3) is 5.05. The van der Waals surface area contributed by atoms with E-state index in [1.54, 1.807) is 48.0 Å². The minimum Gasteiger partial charge on any atom is -0.481 e. The lowest BCUT2D eigenvalue weighted by atomic mass is 10.0. The smallest absolute Gasteiger partial charge is 0.338 e. The summed E-state index contributed by atoms with van der Waals surface area (Å²) in [5, 5.41) is 8.26. The lowest BCUT2D eigenvalue weighted by Crippen LogP contribution is -2.13. The highest BCUT2D eigenvalue weighted by Crippen LogP contribution is 2.32. The zero-order chi connectivity index (χ0) is 25.8. The number of esters is 1. The van der Waals surface area contributed by atoms with Gasteiger partial charge in [-0.1, -0.05) is 6.07 Å². The Morgan fingerprint density at radius 3 is 2.53 bits per heavy atom. The Morgan fingerprint density at radius 2 is 1.86 bits per heavy atom. The van der Waals surface area contributed by atoms with Crippen LogP contribution in [0.3, 0.4) is 0 Å². The summed E-state index contributed by atoms with van der Waals surface area (Å²) in [7, 11) is 1.53. The molecule has 0 fully saturated rings. The Hall–Kier alpha value is -4.27. The molecule has 36 heavy (non-hydrogen) atoms. The van der Waals surface area contributed by atoms with Gasteiger partial charge in [-0.05, 0) is 75.2 Å². The molecule has 1 amide bonds. The third-order valence-electron chi connectivity index (χ3n) is 5.86. The fourth-order valence-electron chi connectivity index (χ4n) is 4.15. The first-order valence-corrected chi connectivity index (χ1v) is 11.6. The van der Waals surface area contributed by atoms with Gasteiger partial charge in [-0.2, -0.15) is 10.1 Å². The monoisotopic (exact) mass is 490 g/mol. The van der Waals surface area contributed by atoms with Crippen molar-refractivity contribution in [2.75, 3.05) is 19.0 Å². The molecule has 0 aliphatic carbocycles. The van der Waals surface area contributed by atoms with Crippen LogP contribution < -0.4 is 10.1 Å². The van der Waals surface area contributed by atoms with Crippen molar-refractivity contribution >= 4 is 28.6 Å². The van der Waals surface area contributed by atoms with E-state index < -0.39 is 5.97 Å². The van der Waals surface area contributed by atoms with Crippen LogP contribution in [0, 0.1) is 19.7 Å². The number of benzene rings is 2. The van der Waals surface area contributed by atoms with Crippen LogP contribution in [-0.4, -0.2) is 40.4 Å². The number of anilines is 1. The zero-order valence-corrected chi connectivity index (χ0v) is 20.6. The molecule has 1 N–H and O–H groups in total. The number of amides is 1. The maximum atomic E-state index is 13.8. The average Bonchev–Trinajstić information content (AvgIpc) is 3.20. The topological polar surface area (TPSA) is 95.3 Å². The van der Waals surface area contributed by atoms with Gasteiger partial charge in [0.25, 0.3) is 0 Å². The van der Waals surface area contributed by atoms with Gasteiger partial charge in [0.15, 0.2) is 5.65 Å². The number of fused-ring (bicyclic) bond motifs is 1. The van der Waals surface area contributed by atoms with Gasteiger partial charge in [0.1, 0.15) is 5.82 Å². The minimum absolute atomic E-state index is 0.187. The number of hydrogen-bond donors (Lipinski definition) is 1. The van der Waals surface area contributed by atoms with E-state index in [0.29, 0.717) is 41.5 Å². The van der Waals surface area contributed by atoms with Gasteiger partial charge < -0.3 is 14.8 Å². The highest BCUT2D eigenvalue weighted by atomic mass is 19.1. The molecule has 2 aromatic heterocycles. The lowest BCUT2D eigenvalue weighted by molar-refractivity contribution is -0.116. The molecule has 8 nitrogen and oxygen atoms in total. The summed E-state index contributed by atoms with van der Waals surface area (Å²) in [4.78, 5) is 29.1. The summed E-state index contributed by atoms with van der Waals surface area (Å²) >= 11 is 0. The van der Waals surface area contributed by atoms with Crippen molar-refractivity contribution in [1.82, 2.24) is 14.8 Å². The van der Waals surface area contributed by atoms with Crippen LogP contribution in [0.4, 0.5) is 10.1 Å². The van der Waals surface area contributed by atoms with E-state index >= 15 is 0 Å². The second-order valence-corrected chi connectivity index (χ2v) is 8.25. The molecule has 0 atom stereocenters.